The van der Waals surface area contributed by atoms with Gasteiger partial charge < -0.3 is 5.11 Å². The largest absolute Gasteiger partial charge is 0.478 e. The second-order valence-electron chi connectivity index (χ2n) is 1.67. The minimum Gasteiger partial charge on any atom is -0.478 e. The molecule has 0 bridgehead atoms. The summed E-state index contributed by atoms with van der Waals surface area (Å²) < 4.78 is 0. The maximum atomic E-state index is 10.2. The molecule has 0 spiro atoms. The molecule has 0 atom stereocenters. The van der Waals surface area contributed by atoms with Crippen LogP contribution in [0, 0.1) is 40.8 Å². The zero-order chi connectivity index (χ0) is 6.69. The van der Waals surface area contributed by atoms with E-state index in [0.717, 1.165) is 0 Å². The zero-order valence-electron chi connectivity index (χ0n) is 5.24. The quantitative estimate of drug-likeness (QED) is 0.834. The van der Waals surface area contributed by atoms with Crippen LogP contribution in [0.15, 0.2) is 30.3 Å². The molecule has 0 aliphatic carbocycles. The van der Waals surface area contributed by atoms with E-state index >= 15 is 0 Å². The number of carboxylic acid groups (broad SMARTS) is 1. The van der Waals surface area contributed by atoms with Crippen LogP contribution in [0.4, 0.5) is 0 Å². The average molecular weight is 266 g/mol. The Balaban J connectivity index is 0.000000810. The number of hydrogen-bond acceptors (Lipinski definition) is 1. The van der Waals surface area contributed by atoms with E-state index in [1.807, 2.05) is 0 Å². The molecule has 0 aliphatic rings. The summed E-state index contributed by atoms with van der Waals surface area (Å²) in [5, 5.41) is 8.38. The minimum absolute atomic E-state index is 0. The van der Waals surface area contributed by atoms with E-state index in [4.69, 9.17) is 5.11 Å². The SMILES string of the molecule is O=C(O)c1ccccc1.[Nd]. The molecule has 0 heterocycles. The van der Waals surface area contributed by atoms with Crippen LogP contribution in [0.25, 0.3) is 0 Å². The van der Waals surface area contributed by atoms with E-state index < -0.39 is 5.97 Å². The second kappa shape index (κ2) is 4.80. The van der Waals surface area contributed by atoms with Crippen LogP contribution in [0.5, 0.6) is 0 Å². The fourth-order valence-electron chi connectivity index (χ4n) is 0.581. The van der Waals surface area contributed by atoms with Crippen LogP contribution < -0.4 is 0 Å². The summed E-state index contributed by atoms with van der Waals surface area (Å²) in [4.78, 5) is 10.2. The van der Waals surface area contributed by atoms with Crippen molar-refractivity contribution in [1.29, 1.82) is 0 Å². The number of rotatable bonds is 1. The summed E-state index contributed by atoms with van der Waals surface area (Å²) in [6, 6.07) is 8.30. The van der Waals surface area contributed by atoms with E-state index in [-0.39, 0.29) is 40.8 Å². The number of carbonyl (C=O) groups is 1. The van der Waals surface area contributed by atoms with E-state index in [1.54, 1.807) is 30.3 Å². The van der Waals surface area contributed by atoms with Crippen LogP contribution in [0.3, 0.4) is 0 Å². The van der Waals surface area contributed by atoms with E-state index in [9.17, 15) is 4.79 Å². The van der Waals surface area contributed by atoms with Gasteiger partial charge in [0.15, 0.2) is 0 Å². The first-order valence-corrected chi connectivity index (χ1v) is 2.59. The van der Waals surface area contributed by atoms with Crippen molar-refractivity contribution in [3.63, 3.8) is 0 Å². The van der Waals surface area contributed by atoms with Crippen molar-refractivity contribution in [2.45, 2.75) is 0 Å². The van der Waals surface area contributed by atoms with Crippen LogP contribution in [0.1, 0.15) is 10.4 Å². The molecule has 0 radical (unpaired) electrons. The van der Waals surface area contributed by atoms with Gasteiger partial charge in [0.25, 0.3) is 0 Å². The van der Waals surface area contributed by atoms with Crippen molar-refractivity contribution in [1.82, 2.24) is 0 Å². The summed E-state index contributed by atoms with van der Waals surface area (Å²) >= 11 is 0. The standard InChI is InChI=1S/C7H6O2.Nd/c8-7(9)6-4-2-1-3-5-6;/h1-5H,(H,8,9);. The van der Waals surface area contributed by atoms with Crippen LogP contribution in [-0.2, 0) is 0 Å². The van der Waals surface area contributed by atoms with Gasteiger partial charge in [0, 0.05) is 40.8 Å². The molecule has 50 valence electrons. The van der Waals surface area contributed by atoms with Gasteiger partial charge >= 0.3 is 5.97 Å². The molecule has 10 heavy (non-hydrogen) atoms. The monoisotopic (exact) mass is 264 g/mol. The van der Waals surface area contributed by atoms with Crippen molar-refractivity contribution < 1.29 is 50.7 Å². The summed E-state index contributed by atoms with van der Waals surface area (Å²) in [6.45, 7) is 0. The van der Waals surface area contributed by atoms with Gasteiger partial charge in [0.2, 0.25) is 0 Å². The number of benzene rings is 1. The van der Waals surface area contributed by atoms with Crippen molar-refractivity contribution in [2.24, 2.45) is 0 Å². The first kappa shape index (κ1) is 10.0. The van der Waals surface area contributed by atoms with Gasteiger partial charge in [-0.15, -0.1) is 0 Å². The number of aromatic carboxylic acids is 1. The van der Waals surface area contributed by atoms with Crippen molar-refractivity contribution >= 4 is 5.97 Å². The molecular weight excluding hydrogens is 260 g/mol. The Morgan fingerprint density at radius 2 is 1.70 bits per heavy atom. The third kappa shape index (κ3) is 2.75. The van der Waals surface area contributed by atoms with Crippen molar-refractivity contribution in [3.8, 4) is 0 Å². The van der Waals surface area contributed by atoms with Crippen LogP contribution in [-0.4, -0.2) is 11.1 Å². The summed E-state index contributed by atoms with van der Waals surface area (Å²) in [7, 11) is 0. The first-order chi connectivity index (χ1) is 4.30. The number of carboxylic acids is 1. The Kier molecular flexibility index (Phi) is 4.81. The molecule has 1 aromatic rings. The molecule has 0 unspecified atom stereocenters. The van der Waals surface area contributed by atoms with Crippen LogP contribution in [0.2, 0.25) is 0 Å². The topological polar surface area (TPSA) is 37.3 Å². The predicted octanol–water partition coefficient (Wildman–Crippen LogP) is 1.38. The van der Waals surface area contributed by atoms with Gasteiger partial charge in [-0.1, -0.05) is 18.2 Å². The Hall–Kier alpha value is 0.0406. The third-order valence-electron chi connectivity index (χ3n) is 1.02. The molecule has 1 rings (SSSR count). The maximum absolute atomic E-state index is 10.2. The predicted molar refractivity (Wildman–Crippen MR) is 33.4 cm³/mol. The molecule has 1 aromatic carbocycles. The molecule has 0 aliphatic heterocycles. The van der Waals surface area contributed by atoms with Gasteiger partial charge in [-0.3, -0.25) is 0 Å². The van der Waals surface area contributed by atoms with E-state index in [2.05, 4.69) is 0 Å². The fourth-order valence-corrected chi connectivity index (χ4v) is 0.581. The summed E-state index contributed by atoms with van der Waals surface area (Å²) in [6.07, 6.45) is 0. The van der Waals surface area contributed by atoms with Crippen molar-refractivity contribution in [3.05, 3.63) is 35.9 Å². The van der Waals surface area contributed by atoms with E-state index in [0.29, 0.717) is 5.56 Å². The Morgan fingerprint density at radius 1 is 1.20 bits per heavy atom. The van der Waals surface area contributed by atoms with Crippen molar-refractivity contribution in [2.75, 3.05) is 0 Å². The maximum Gasteiger partial charge on any atom is 0.335 e. The molecule has 0 saturated heterocycles. The molecule has 2 nitrogen and oxygen atoms in total. The Labute approximate surface area is 91.8 Å². The first-order valence-electron chi connectivity index (χ1n) is 2.59. The van der Waals surface area contributed by atoms with Gasteiger partial charge in [-0.2, -0.15) is 0 Å². The molecule has 1 N–H and O–H groups in total. The summed E-state index contributed by atoms with van der Waals surface area (Å²) in [5.74, 6) is -0.879. The number of hydrogen-bond donors (Lipinski definition) is 1. The zero-order valence-corrected chi connectivity index (χ0v) is 8.45. The van der Waals surface area contributed by atoms with Gasteiger partial charge in [0.05, 0.1) is 5.56 Å². The molecule has 0 amide bonds. The molecular formula is C7H6NdO2. The molecule has 0 aromatic heterocycles. The van der Waals surface area contributed by atoms with Gasteiger partial charge in [-0.25, -0.2) is 4.79 Å². The Bertz CT molecular complexity index is 208. The molecule has 0 fully saturated rings. The van der Waals surface area contributed by atoms with E-state index in [1.165, 1.54) is 0 Å². The molecule has 0 saturated carbocycles. The van der Waals surface area contributed by atoms with Crippen LogP contribution >= 0.6 is 0 Å². The minimum atomic E-state index is -0.879. The Morgan fingerprint density at radius 3 is 2.00 bits per heavy atom. The fraction of sp³-hybridized carbons (Fsp3) is 0. The average Bonchev–Trinajstić information content (AvgIpc) is 1.90. The molecule has 3 heteroatoms. The second-order valence-corrected chi connectivity index (χ2v) is 1.67. The summed E-state index contributed by atoms with van der Waals surface area (Å²) in [5.41, 5.74) is 0.331. The third-order valence-corrected chi connectivity index (χ3v) is 1.02. The van der Waals surface area contributed by atoms with Gasteiger partial charge in [-0.05, 0) is 12.1 Å². The smallest absolute Gasteiger partial charge is 0.335 e. The van der Waals surface area contributed by atoms with Gasteiger partial charge in [0.1, 0.15) is 0 Å². The normalized spacial score (nSPS) is 8.00.